The molecule has 0 bridgehead atoms. The zero-order valence-corrected chi connectivity index (χ0v) is 16.0. The standard InChI is InChI=1S/C19H29BFNO3/c1-18(2)19(3,4)25-20(24-18)15-7-6-14(17(21)12-15)13-22-10-8-16(23-5)9-11-22/h6-7,12,16H,8-11,13H2,1-5H3. The molecule has 2 saturated heterocycles. The van der Waals surface area contributed by atoms with Crippen LogP contribution in [0.1, 0.15) is 46.1 Å². The number of ether oxygens (including phenoxy) is 1. The zero-order chi connectivity index (χ0) is 18.2. The third-order valence-corrected chi connectivity index (χ3v) is 5.86. The molecular weight excluding hydrogens is 320 g/mol. The molecule has 138 valence electrons. The first-order valence-electron chi connectivity index (χ1n) is 9.11. The molecule has 4 nitrogen and oxygen atoms in total. The molecular formula is C19H29BFNO3. The van der Waals surface area contributed by atoms with Crippen LogP contribution in [0.4, 0.5) is 4.39 Å². The fourth-order valence-corrected chi connectivity index (χ4v) is 3.36. The lowest BCUT2D eigenvalue weighted by molar-refractivity contribution is 0.00578. The van der Waals surface area contributed by atoms with Gasteiger partial charge in [0.25, 0.3) is 0 Å². The lowest BCUT2D eigenvalue weighted by atomic mass is 9.78. The molecule has 1 aromatic rings. The maximum Gasteiger partial charge on any atom is 0.494 e. The van der Waals surface area contributed by atoms with Crippen molar-refractivity contribution >= 4 is 12.6 Å². The van der Waals surface area contributed by atoms with Gasteiger partial charge in [0, 0.05) is 32.3 Å². The Morgan fingerprint density at radius 2 is 1.76 bits per heavy atom. The SMILES string of the molecule is COC1CCN(Cc2ccc(B3OC(C)(C)C(C)(C)O3)cc2F)CC1. The summed E-state index contributed by atoms with van der Waals surface area (Å²) in [5, 5.41) is 0. The summed E-state index contributed by atoms with van der Waals surface area (Å²) in [5.74, 6) is -0.193. The van der Waals surface area contributed by atoms with Gasteiger partial charge in [0.2, 0.25) is 0 Å². The van der Waals surface area contributed by atoms with Gasteiger partial charge in [0.05, 0.1) is 17.3 Å². The van der Waals surface area contributed by atoms with Crippen LogP contribution in [0.3, 0.4) is 0 Å². The second kappa shape index (κ2) is 6.99. The minimum absolute atomic E-state index is 0.193. The van der Waals surface area contributed by atoms with E-state index in [2.05, 4.69) is 4.90 Å². The number of likely N-dealkylation sites (tertiary alicyclic amines) is 1. The summed E-state index contributed by atoms with van der Waals surface area (Å²) < 4.78 is 32.0. The van der Waals surface area contributed by atoms with E-state index < -0.39 is 18.3 Å². The Kier molecular flexibility index (Phi) is 5.27. The Hall–Kier alpha value is -0.945. The molecule has 2 aliphatic rings. The van der Waals surface area contributed by atoms with Crippen molar-refractivity contribution in [3.05, 3.63) is 29.6 Å². The molecule has 6 heteroatoms. The molecule has 0 atom stereocenters. The number of piperidine rings is 1. The summed E-state index contributed by atoms with van der Waals surface area (Å²) in [7, 11) is 1.24. The van der Waals surface area contributed by atoms with E-state index in [4.69, 9.17) is 14.0 Å². The summed E-state index contributed by atoms with van der Waals surface area (Å²) in [4.78, 5) is 2.28. The van der Waals surface area contributed by atoms with E-state index >= 15 is 0 Å². The predicted molar refractivity (Wildman–Crippen MR) is 97.4 cm³/mol. The van der Waals surface area contributed by atoms with Crippen LogP contribution in [-0.2, 0) is 20.6 Å². The lowest BCUT2D eigenvalue weighted by Gasteiger charge is -2.32. The Bertz CT molecular complexity index is 599. The summed E-state index contributed by atoms with van der Waals surface area (Å²) in [6.45, 7) is 10.5. The fraction of sp³-hybridized carbons (Fsp3) is 0.684. The molecule has 0 amide bonds. The van der Waals surface area contributed by atoms with E-state index in [0.717, 1.165) is 37.0 Å². The van der Waals surface area contributed by atoms with Gasteiger partial charge in [0.15, 0.2) is 0 Å². The predicted octanol–water partition coefficient (Wildman–Crippen LogP) is 2.74. The third kappa shape index (κ3) is 3.92. The van der Waals surface area contributed by atoms with Gasteiger partial charge in [-0.25, -0.2) is 4.39 Å². The van der Waals surface area contributed by atoms with E-state index in [-0.39, 0.29) is 5.82 Å². The summed E-state index contributed by atoms with van der Waals surface area (Å²) >= 11 is 0. The molecule has 0 N–H and O–H groups in total. The van der Waals surface area contributed by atoms with Crippen LogP contribution in [0.15, 0.2) is 18.2 Å². The largest absolute Gasteiger partial charge is 0.494 e. The number of methoxy groups -OCH3 is 1. The van der Waals surface area contributed by atoms with Crippen molar-refractivity contribution in [3.63, 3.8) is 0 Å². The number of hydrogen-bond acceptors (Lipinski definition) is 4. The number of benzene rings is 1. The first-order chi connectivity index (χ1) is 11.7. The van der Waals surface area contributed by atoms with Gasteiger partial charge in [-0.1, -0.05) is 12.1 Å². The highest BCUT2D eigenvalue weighted by Crippen LogP contribution is 2.36. The van der Waals surface area contributed by atoms with Gasteiger partial charge in [0.1, 0.15) is 5.82 Å². The monoisotopic (exact) mass is 349 g/mol. The molecule has 0 aliphatic carbocycles. The fourth-order valence-electron chi connectivity index (χ4n) is 3.36. The van der Waals surface area contributed by atoms with E-state index in [0.29, 0.717) is 12.6 Å². The minimum Gasteiger partial charge on any atom is -0.399 e. The maximum atomic E-state index is 14.6. The first kappa shape index (κ1) is 18.8. The van der Waals surface area contributed by atoms with Crippen molar-refractivity contribution in [1.82, 2.24) is 4.90 Å². The molecule has 2 heterocycles. The van der Waals surface area contributed by atoms with Crippen molar-refractivity contribution in [2.45, 2.75) is 64.4 Å². The molecule has 0 unspecified atom stereocenters. The molecule has 0 radical (unpaired) electrons. The summed E-state index contributed by atoms with van der Waals surface area (Å²) in [5.41, 5.74) is 0.617. The van der Waals surface area contributed by atoms with Crippen molar-refractivity contribution < 1.29 is 18.4 Å². The van der Waals surface area contributed by atoms with Gasteiger partial charge in [-0.05, 0) is 52.1 Å². The van der Waals surface area contributed by atoms with Crippen LogP contribution >= 0.6 is 0 Å². The minimum atomic E-state index is -0.522. The van der Waals surface area contributed by atoms with Gasteiger partial charge >= 0.3 is 7.12 Å². The highest BCUT2D eigenvalue weighted by atomic mass is 19.1. The van der Waals surface area contributed by atoms with Crippen molar-refractivity contribution in [3.8, 4) is 0 Å². The maximum absolute atomic E-state index is 14.6. The van der Waals surface area contributed by atoms with Gasteiger partial charge < -0.3 is 14.0 Å². The highest BCUT2D eigenvalue weighted by molar-refractivity contribution is 6.62. The van der Waals surface area contributed by atoms with Crippen LogP contribution in [0.5, 0.6) is 0 Å². The number of halogens is 1. The van der Waals surface area contributed by atoms with Crippen LogP contribution in [0.25, 0.3) is 0 Å². The van der Waals surface area contributed by atoms with E-state index in [1.807, 2.05) is 39.8 Å². The van der Waals surface area contributed by atoms with E-state index in [1.165, 1.54) is 0 Å². The quantitative estimate of drug-likeness (QED) is 0.783. The second-order valence-corrected chi connectivity index (χ2v) is 8.15. The van der Waals surface area contributed by atoms with Gasteiger partial charge in [-0.3, -0.25) is 4.90 Å². The zero-order valence-electron chi connectivity index (χ0n) is 16.0. The van der Waals surface area contributed by atoms with Crippen LogP contribution in [0.2, 0.25) is 0 Å². The summed E-state index contributed by atoms with van der Waals surface area (Å²) in [6, 6.07) is 5.33. The van der Waals surface area contributed by atoms with Crippen molar-refractivity contribution in [2.75, 3.05) is 20.2 Å². The molecule has 0 saturated carbocycles. The molecule has 3 rings (SSSR count). The first-order valence-corrected chi connectivity index (χ1v) is 9.11. The topological polar surface area (TPSA) is 30.9 Å². The Morgan fingerprint density at radius 1 is 1.16 bits per heavy atom. The smallest absolute Gasteiger partial charge is 0.399 e. The molecule has 25 heavy (non-hydrogen) atoms. The number of rotatable bonds is 4. The van der Waals surface area contributed by atoms with E-state index in [9.17, 15) is 4.39 Å². The lowest BCUT2D eigenvalue weighted by Crippen LogP contribution is -2.41. The van der Waals surface area contributed by atoms with Crippen LogP contribution in [-0.4, -0.2) is 49.5 Å². The molecule has 2 fully saturated rings. The second-order valence-electron chi connectivity index (χ2n) is 8.15. The molecule has 1 aromatic carbocycles. The normalized spacial score (nSPS) is 24.0. The molecule has 2 aliphatic heterocycles. The van der Waals surface area contributed by atoms with Crippen LogP contribution < -0.4 is 5.46 Å². The summed E-state index contributed by atoms with van der Waals surface area (Å²) in [6.07, 6.45) is 2.35. The molecule has 0 spiro atoms. The average molecular weight is 349 g/mol. The van der Waals surface area contributed by atoms with Gasteiger partial charge in [-0.2, -0.15) is 0 Å². The van der Waals surface area contributed by atoms with Gasteiger partial charge in [-0.15, -0.1) is 0 Å². The highest BCUT2D eigenvalue weighted by Gasteiger charge is 2.51. The number of nitrogens with zero attached hydrogens (tertiary/aromatic N) is 1. The van der Waals surface area contributed by atoms with E-state index in [1.54, 1.807) is 13.2 Å². The Morgan fingerprint density at radius 3 is 2.28 bits per heavy atom. The number of hydrogen-bond donors (Lipinski definition) is 0. The van der Waals surface area contributed by atoms with Crippen molar-refractivity contribution in [1.29, 1.82) is 0 Å². The third-order valence-electron chi connectivity index (χ3n) is 5.86. The average Bonchev–Trinajstić information content (AvgIpc) is 2.78. The Balaban J connectivity index is 1.66. The van der Waals surface area contributed by atoms with Crippen molar-refractivity contribution in [2.24, 2.45) is 0 Å². The van der Waals surface area contributed by atoms with Crippen LogP contribution in [0, 0.1) is 5.82 Å². The molecule has 0 aromatic heterocycles. The Labute approximate surface area is 150 Å².